The number of aryl methyl sites for hydroxylation is 1. The van der Waals surface area contributed by atoms with Crippen LogP contribution in [0, 0.1) is 12.8 Å². The minimum Gasteiger partial charge on any atom is -0.486 e. The summed E-state index contributed by atoms with van der Waals surface area (Å²) >= 11 is 0. The van der Waals surface area contributed by atoms with Crippen LogP contribution in [0.15, 0.2) is 40.8 Å². The molecule has 0 fully saturated rings. The molecule has 3 nitrogen and oxygen atoms in total. The molecule has 1 heterocycles. The van der Waals surface area contributed by atoms with Gasteiger partial charge >= 0.3 is 0 Å². The summed E-state index contributed by atoms with van der Waals surface area (Å²) in [5, 5.41) is 3.39. The zero-order valence-corrected chi connectivity index (χ0v) is 12.5. The molecule has 108 valence electrons. The third-order valence-electron chi connectivity index (χ3n) is 3.03. The summed E-state index contributed by atoms with van der Waals surface area (Å²) < 4.78 is 11.5. The molecule has 2 aromatic rings. The van der Waals surface area contributed by atoms with Gasteiger partial charge in [0.25, 0.3) is 0 Å². The van der Waals surface area contributed by atoms with Crippen molar-refractivity contribution in [1.29, 1.82) is 0 Å². The van der Waals surface area contributed by atoms with Crippen LogP contribution in [0.1, 0.15) is 30.9 Å². The summed E-state index contributed by atoms with van der Waals surface area (Å²) in [5.74, 6) is 3.37. The van der Waals surface area contributed by atoms with E-state index in [2.05, 4.69) is 32.2 Å². The number of ether oxygens (including phenoxy) is 1. The molecule has 0 saturated heterocycles. The highest BCUT2D eigenvalue weighted by molar-refractivity contribution is 5.23. The Bertz CT molecular complexity index is 517. The van der Waals surface area contributed by atoms with Gasteiger partial charge in [-0.05, 0) is 43.1 Å². The maximum Gasteiger partial charge on any atom is 0.146 e. The molecule has 0 bridgehead atoms. The number of benzene rings is 1. The Kier molecular flexibility index (Phi) is 5.24. The Labute approximate surface area is 121 Å². The number of para-hydroxylation sites is 1. The van der Waals surface area contributed by atoms with Crippen molar-refractivity contribution >= 4 is 0 Å². The van der Waals surface area contributed by atoms with Gasteiger partial charge in [0.15, 0.2) is 0 Å². The van der Waals surface area contributed by atoms with Crippen molar-refractivity contribution in [2.45, 2.75) is 33.9 Å². The Balaban J connectivity index is 1.87. The van der Waals surface area contributed by atoms with Crippen LogP contribution in [-0.4, -0.2) is 6.54 Å². The van der Waals surface area contributed by atoms with Crippen LogP contribution >= 0.6 is 0 Å². The summed E-state index contributed by atoms with van der Waals surface area (Å²) in [6, 6.07) is 11.8. The minimum absolute atomic E-state index is 0.467. The predicted octanol–water partition coefficient (Wildman–Crippen LogP) is 3.91. The molecule has 0 spiro atoms. The van der Waals surface area contributed by atoms with E-state index in [9.17, 15) is 0 Å². The molecular weight excluding hydrogens is 250 g/mol. The zero-order valence-electron chi connectivity index (χ0n) is 12.5. The van der Waals surface area contributed by atoms with E-state index in [1.165, 1.54) is 5.56 Å². The predicted molar refractivity (Wildman–Crippen MR) is 80.8 cm³/mol. The van der Waals surface area contributed by atoms with Gasteiger partial charge in [-0.25, -0.2) is 0 Å². The topological polar surface area (TPSA) is 34.4 Å². The molecule has 0 saturated carbocycles. The second-order valence-corrected chi connectivity index (χ2v) is 5.45. The maximum absolute atomic E-state index is 5.83. The van der Waals surface area contributed by atoms with Gasteiger partial charge in [0, 0.05) is 0 Å². The van der Waals surface area contributed by atoms with Crippen LogP contribution in [0.3, 0.4) is 0 Å². The lowest BCUT2D eigenvalue weighted by Gasteiger charge is -2.06. The summed E-state index contributed by atoms with van der Waals surface area (Å²) in [5.41, 5.74) is 1.17. The van der Waals surface area contributed by atoms with Crippen molar-refractivity contribution in [3.05, 3.63) is 53.5 Å². The molecule has 1 aromatic heterocycles. The molecule has 0 unspecified atom stereocenters. The molecule has 0 aliphatic heterocycles. The molecule has 0 amide bonds. The Hall–Kier alpha value is -1.74. The van der Waals surface area contributed by atoms with Gasteiger partial charge in [-0.15, -0.1) is 0 Å². The highest BCUT2D eigenvalue weighted by Gasteiger charge is 2.08. The van der Waals surface area contributed by atoms with Crippen molar-refractivity contribution in [3.8, 4) is 5.75 Å². The van der Waals surface area contributed by atoms with Crippen molar-refractivity contribution in [1.82, 2.24) is 5.32 Å². The molecule has 20 heavy (non-hydrogen) atoms. The van der Waals surface area contributed by atoms with Crippen LogP contribution < -0.4 is 10.1 Å². The third-order valence-corrected chi connectivity index (χ3v) is 3.03. The Morgan fingerprint density at radius 1 is 1.20 bits per heavy atom. The fraction of sp³-hybridized carbons (Fsp3) is 0.412. The van der Waals surface area contributed by atoms with E-state index in [4.69, 9.17) is 9.15 Å². The lowest BCUT2D eigenvalue weighted by Crippen LogP contribution is -2.18. The smallest absolute Gasteiger partial charge is 0.146 e. The van der Waals surface area contributed by atoms with Crippen LogP contribution in [0.25, 0.3) is 0 Å². The Morgan fingerprint density at radius 3 is 2.65 bits per heavy atom. The Morgan fingerprint density at radius 2 is 1.95 bits per heavy atom. The van der Waals surface area contributed by atoms with Crippen molar-refractivity contribution < 1.29 is 9.15 Å². The minimum atomic E-state index is 0.467. The molecule has 1 aromatic carbocycles. The van der Waals surface area contributed by atoms with E-state index in [1.54, 1.807) is 0 Å². The monoisotopic (exact) mass is 273 g/mol. The second kappa shape index (κ2) is 7.15. The SMILES string of the molecule is Cc1cc(COc2ccccc2)oc1CNCC(C)C. The van der Waals surface area contributed by atoms with Gasteiger partial charge < -0.3 is 14.5 Å². The maximum atomic E-state index is 5.83. The largest absolute Gasteiger partial charge is 0.486 e. The van der Waals surface area contributed by atoms with E-state index in [0.717, 1.165) is 30.4 Å². The highest BCUT2D eigenvalue weighted by Crippen LogP contribution is 2.17. The quantitative estimate of drug-likeness (QED) is 0.830. The first-order valence-corrected chi connectivity index (χ1v) is 7.12. The molecule has 3 heteroatoms. The number of hydrogen-bond acceptors (Lipinski definition) is 3. The van der Waals surface area contributed by atoms with E-state index in [1.807, 2.05) is 30.3 Å². The molecule has 1 N–H and O–H groups in total. The lowest BCUT2D eigenvalue weighted by molar-refractivity contribution is 0.265. The summed E-state index contributed by atoms with van der Waals surface area (Å²) in [7, 11) is 0. The highest BCUT2D eigenvalue weighted by atomic mass is 16.5. The van der Waals surface area contributed by atoms with E-state index >= 15 is 0 Å². The van der Waals surface area contributed by atoms with Gasteiger partial charge in [-0.2, -0.15) is 0 Å². The zero-order chi connectivity index (χ0) is 14.4. The summed E-state index contributed by atoms with van der Waals surface area (Å²) in [4.78, 5) is 0. The fourth-order valence-electron chi connectivity index (χ4n) is 1.98. The number of furan rings is 1. The first-order chi connectivity index (χ1) is 9.65. The fourth-order valence-corrected chi connectivity index (χ4v) is 1.98. The van der Waals surface area contributed by atoms with Gasteiger partial charge in [0.1, 0.15) is 23.9 Å². The second-order valence-electron chi connectivity index (χ2n) is 5.45. The standard InChI is InChI=1S/C17H23NO2/c1-13(2)10-18-11-17-14(3)9-16(20-17)12-19-15-7-5-4-6-8-15/h4-9,13,18H,10-12H2,1-3H3. The van der Waals surface area contributed by atoms with E-state index in [-0.39, 0.29) is 0 Å². The third kappa shape index (κ3) is 4.42. The molecular formula is C17H23NO2. The normalized spacial score (nSPS) is 11.0. The van der Waals surface area contributed by atoms with Crippen LogP contribution in [-0.2, 0) is 13.2 Å². The van der Waals surface area contributed by atoms with Crippen molar-refractivity contribution in [3.63, 3.8) is 0 Å². The van der Waals surface area contributed by atoms with Gasteiger partial charge in [0.2, 0.25) is 0 Å². The molecule has 2 rings (SSSR count). The molecule has 0 aliphatic rings. The van der Waals surface area contributed by atoms with Crippen LogP contribution in [0.5, 0.6) is 5.75 Å². The van der Waals surface area contributed by atoms with Gasteiger partial charge in [0.05, 0.1) is 6.54 Å². The van der Waals surface area contributed by atoms with E-state index in [0.29, 0.717) is 12.5 Å². The van der Waals surface area contributed by atoms with Crippen molar-refractivity contribution in [2.24, 2.45) is 5.92 Å². The molecule has 0 radical (unpaired) electrons. The van der Waals surface area contributed by atoms with Gasteiger partial charge in [-0.1, -0.05) is 32.0 Å². The van der Waals surface area contributed by atoms with Gasteiger partial charge in [-0.3, -0.25) is 0 Å². The summed E-state index contributed by atoms with van der Waals surface area (Å²) in [6.45, 7) is 8.70. The summed E-state index contributed by atoms with van der Waals surface area (Å²) in [6.07, 6.45) is 0. The first kappa shape index (κ1) is 14.7. The van der Waals surface area contributed by atoms with Crippen LogP contribution in [0.4, 0.5) is 0 Å². The lowest BCUT2D eigenvalue weighted by atomic mass is 10.2. The first-order valence-electron chi connectivity index (χ1n) is 7.12. The molecule has 0 atom stereocenters. The van der Waals surface area contributed by atoms with Crippen LogP contribution in [0.2, 0.25) is 0 Å². The average molecular weight is 273 g/mol. The van der Waals surface area contributed by atoms with E-state index < -0.39 is 0 Å². The number of nitrogens with one attached hydrogen (secondary N) is 1. The average Bonchev–Trinajstić information content (AvgIpc) is 2.78. The number of hydrogen-bond donors (Lipinski definition) is 1. The molecule has 0 aliphatic carbocycles. The van der Waals surface area contributed by atoms with Crippen molar-refractivity contribution in [2.75, 3.05) is 6.54 Å². The number of rotatable bonds is 7.